The Labute approximate surface area is 229 Å². The molecule has 14 heteroatoms. The van der Waals surface area contributed by atoms with E-state index in [0.29, 0.717) is 57.2 Å². The summed E-state index contributed by atoms with van der Waals surface area (Å²) in [7, 11) is -5.91. The summed E-state index contributed by atoms with van der Waals surface area (Å²) in [5.74, 6) is 0.731. The van der Waals surface area contributed by atoms with E-state index in [1.807, 2.05) is 6.92 Å². The zero-order chi connectivity index (χ0) is 28.1. The molecule has 2 saturated heterocycles. The Morgan fingerprint density at radius 1 is 1.15 bits per heavy atom. The molecule has 3 N–H and O–H groups in total. The number of nitrogens with one attached hydrogen (secondary N) is 2. The number of pyridine rings is 1. The van der Waals surface area contributed by atoms with Crippen LogP contribution >= 0.6 is 0 Å². The van der Waals surface area contributed by atoms with E-state index in [4.69, 9.17) is 14.2 Å². The summed E-state index contributed by atoms with van der Waals surface area (Å²) in [6.45, 7) is 3.71. The maximum absolute atomic E-state index is 13.1. The second-order valence-corrected chi connectivity index (χ2v) is 13.4. The van der Waals surface area contributed by atoms with Gasteiger partial charge in [0.15, 0.2) is 0 Å². The molecule has 1 aromatic heterocycles. The minimum absolute atomic E-state index is 0.0119. The number of aromatic nitrogens is 1. The first-order chi connectivity index (χ1) is 18.6. The summed E-state index contributed by atoms with van der Waals surface area (Å²) in [6.07, 6.45) is 2.37. The molecule has 1 unspecified atom stereocenters. The van der Waals surface area contributed by atoms with Crippen LogP contribution in [0.2, 0.25) is 0 Å². The number of hydrogen-bond donors (Lipinski definition) is 3. The molecular formula is C25H36N4O8S2. The number of piperidine rings is 1. The molecule has 2 atom stereocenters. The molecule has 216 valence electrons. The van der Waals surface area contributed by atoms with Crippen molar-refractivity contribution in [3.05, 3.63) is 42.6 Å². The normalized spacial score (nSPS) is 20.6. The average Bonchev–Trinajstić information content (AvgIpc) is 3.33. The molecular weight excluding hydrogens is 548 g/mol. The molecule has 0 saturated carbocycles. The van der Waals surface area contributed by atoms with Crippen LogP contribution in [0.1, 0.15) is 26.2 Å². The molecule has 2 aromatic rings. The number of aliphatic hydroxyl groups is 1. The van der Waals surface area contributed by atoms with Crippen LogP contribution in [0, 0.1) is 0 Å². The van der Waals surface area contributed by atoms with Gasteiger partial charge in [0, 0.05) is 37.8 Å². The quantitative estimate of drug-likeness (QED) is 0.325. The summed E-state index contributed by atoms with van der Waals surface area (Å²) in [6, 6.07) is 9.15. The molecule has 39 heavy (non-hydrogen) atoms. The van der Waals surface area contributed by atoms with Crippen LogP contribution in [0.5, 0.6) is 11.6 Å². The van der Waals surface area contributed by atoms with E-state index in [0.717, 1.165) is 0 Å². The molecule has 4 rings (SSSR count). The van der Waals surface area contributed by atoms with Gasteiger partial charge in [0.2, 0.25) is 25.9 Å². The average molecular weight is 585 g/mol. The number of ether oxygens (including phenoxy) is 3. The Hall–Kier alpha value is -2.33. The molecule has 1 spiro atoms. The molecule has 0 bridgehead atoms. The van der Waals surface area contributed by atoms with Crippen molar-refractivity contribution in [3.63, 3.8) is 0 Å². The van der Waals surface area contributed by atoms with Crippen LogP contribution in [-0.4, -0.2) is 95.5 Å². The second kappa shape index (κ2) is 12.5. The molecule has 0 amide bonds. The standard InChI is InChI=1S/C25H36N4O8S2/c1-3-35-24-8-7-23(16-28-24)39(33,34)29-11-9-25(10-12-29)14-19(17-37-25)27-15-20(30)18-36-21-5-4-6-22(13-21)38(31,32)26-2/h4-8,13,16,19-20,26-27,30H,3,9-12,14-15,17-18H2,1-2H3/t19?,20-/m0/s1. The lowest BCUT2D eigenvalue weighted by atomic mass is 9.88. The first-order valence-electron chi connectivity index (χ1n) is 12.9. The molecule has 3 heterocycles. The zero-order valence-electron chi connectivity index (χ0n) is 22.1. The lowest BCUT2D eigenvalue weighted by molar-refractivity contribution is -0.0312. The predicted molar refractivity (Wildman–Crippen MR) is 143 cm³/mol. The topological polar surface area (TPSA) is 156 Å². The van der Waals surface area contributed by atoms with Gasteiger partial charge < -0.3 is 24.6 Å². The number of aliphatic hydroxyl groups excluding tert-OH is 1. The zero-order valence-corrected chi connectivity index (χ0v) is 23.7. The van der Waals surface area contributed by atoms with Gasteiger partial charge in [0.1, 0.15) is 23.4 Å². The molecule has 0 radical (unpaired) electrons. The van der Waals surface area contributed by atoms with Gasteiger partial charge in [-0.1, -0.05) is 6.07 Å². The maximum Gasteiger partial charge on any atom is 0.244 e. The van der Waals surface area contributed by atoms with Crippen molar-refractivity contribution in [3.8, 4) is 11.6 Å². The summed E-state index contributed by atoms with van der Waals surface area (Å²) in [5.41, 5.74) is -0.401. The Bertz CT molecular complexity index is 1310. The van der Waals surface area contributed by atoms with E-state index in [-0.39, 0.29) is 29.0 Å². The van der Waals surface area contributed by atoms with E-state index in [1.165, 1.54) is 35.7 Å². The fourth-order valence-electron chi connectivity index (χ4n) is 4.76. The van der Waals surface area contributed by atoms with Crippen LogP contribution in [0.3, 0.4) is 0 Å². The van der Waals surface area contributed by atoms with Crippen LogP contribution < -0.4 is 19.5 Å². The van der Waals surface area contributed by atoms with E-state index >= 15 is 0 Å². The van der Waals surface area contributed by atoms with Crippen molar-refractivity contribution in [2.24, 2.45) is 0 Å². The molecule has 2 aliphatic rings. The summed E-state index contributed by atoms with van der Waals surface area (Å²) in [4.78, 5) is 4.30. The highest BCUT2D eigenvalue weighted by atomic mass is 32.2. The monoisotopic (exact) mass is 584 g/mol. The van der Waals surface area contributed by atoms with Crippen molar-refractivity contribution in [1.29, 1.82) is 0 Å². The van der Waals surface area contributed by atoms with Gasteiger partial charge in [-0.25, -0.2) is 26.5 Å². The van der Waals surface area contributed by atoms with Gasteiger partial charge in [-0.3, -0.25) is 0 Å². The van der Waals surface area contributed by atoms with Gasteiger partial charge in [0.25, 0.3) is 0 Å². The molecule has 2 aliphatic heterocycles. The Balaban J connectivity index is 1.22. The number of sulfonamides is 2. The smallest absolute Gasteiger partial charge is 0.244 e. The van der Waals surface area contributed by atoms with Gasteiger partial charge in [0.05, 0.1) is 29.9 Å². The first-order valence-corrected chi connectivity index (χ1v) is 15.8. The highest BCUT2D eigenvalue weighted by molar-refractivity contribution is 7.89. The van der Waals surface area contributed by atoms with Gasteiger partial charge >= 0.3 is 0 Å². The van der Waals surface area contributed by atoms with Gasteiger partial charge in [-0.05, 0) is 51.4 Å². The lowest BCUT2D eigenvalue weighted by Gasteiger charge is -2.38. The summed E-state index contributed by atoms with van der Waals surface area (Å²) < 4.78 is 70.8. The van der Waals surface area contributed by atoms with Crippen LogP contribution in [0.15, 0.2) is 52.4 Å². The third-order valence-electron chi connectivity index (χ3n) is 6.95. The summed E-state index contributed by atoms with van der Waals surface area (Å²) >= 11 is 0. The van der Waals surface area contributed by atoms with Crippen LogP contribution in [0.4, 0.5) is 0 Å². The van der Waals surface area contributed by atoms with Crippen molar-refractivity contribution in [2.75, 3.05) is 46.5 Å². The highest BCUT2D eigenvalue weighted by Crippen LogP contribution is 2.37. The van der Waals surface area contributed by atoms with Crippen molar-refractivity contribution in [2.45, 2.75) is 53.7 Å². The van der Waals surface area contributed by atoms with Crippen molar-refractivity contribution >= 4 is 20.0 Å². The minimum Gasteiger partial charge on any atom is -0.491 e. The maximum atomic E-state index is 13.1. The molecule has 12 nitrogen and oxygen atoms in total. The van der Waals surface area contributed by atoms with Crippen LogP contribution in [-0.2, 0) is 24.8 Å². The van der Waals surface area contributed by atoms with Crippen LogP contribution in [0.25, 0.3) is 0 Å². The second-order valence-electron chi connectivity index (χ2n) is 9.62. The fraction of sp³-hybridized carbons (Fsp3) is 0.560. The third-order valence-corrected chi connectivity index (χ3v) is 10.2. The van der Waals surface area contributed by atoms with Crippen molar-refractivity contribution in [1.82, 2.24) is 19.3 Å². The van der Waals surface area contributed by atoms with Gasteiger partial charge in [-0.15, -0.1) is 0 Å². The van der Waals surface area contributed by atoms with E-state index in [1.54, 1.807) is 18.2 Å². The molecule has 1 aromatic carbocycles. The van der Waals surface area contributed by atoms with Gasteiger partial charge in [-0.2, -0.15) is 4.31 Å². The number of rotatable bonds is 12. The highest BCUT2D eigenvalue weighted by Gasteiger charge is 2.44. The van der Waals surface area contributed by atoms with E-state index in [9.17, 15) is 21.9 Å². The number of hydrogen-bond acceptors (Lipinski definition) is 10. The Kier molecular flexibility index (Phi) is 9.47. The Morgan fingerprint density at radius 3 is 2.59 bits per heavy atom. The van der Waals surface area contributed by atoms with E-state index in [2.05, 4.69) is 15.0 Å². The lowest BCUT2D eigenvalue weighted by Crippen LogP contribution is -2.47. The largest absolute Gasteiger partial charge is 0.491 e. The van der Waals surface area contributed by atoms with Crippen molar-refractivity contribution < 1.29 is 36.2 Å². The number of nitrogens with zero attached hydrogens (tertiary/aromatic N) is 2. The molecule has 0 aliphatic carbocycles. The number of benzene rings is 1. The summed E-state index contributed by atoms with van der Waals surface area (Å²) in [5, 5.41) is 13.7. The SMILES string of the molecule is CCOc1ccc(S(=O)(=O)N2CCC3(CC2)CC(NC[C@H](O)COc2cccc(S(=O)(=O)NC)c2)CO3)cn1. The predicted octanol–water partition coefficient (Wildman–Crippen LogP) is 0.730. The third kappa shape index (κ3) is 7.25. The van der Waals surface area contributed by atoms with E-state index < -0.39 is 31.8 Å². The minimum atomic E-state index is -3.66. The first kappa shape index (κ1) is 29.6. The fourth-order valence-corrected chi connectivity index (χ4v) is 6.91. The Morgan fingerprint density at radius 2 is 1.92 bits per heavy atom. The molecule has 2 fully saturated rings.